The third-order valence-electron chi connectivity index (χ3n) is 4.48. The van der Waals surface area contributed by atoms with Crippen molar-refractivity contribution in [3.63, 3.8) is 0 Å². The monoisotopic (exact) mass is 422 g/mol. The van der Waals surface area contributed by atoms with Crippen LogP contribution in [0.2, 0.25) is 0 Å². The van der Waals surface area contributed by atoms with Crippen LogP contribution in [0.3, 0.4) is 0 Å². The first-order valence-electron chi connectivity index (χ1n) is 8.57. The molecule has 27 heavy (non-hydrogen) atoms. The van der Waals surface area contributed by atoms with Gasteiger partial charge in [0, 0.05) is 4.47 Å². The lowest BCUT2D eigenvalue weighted by Crippen LogP contribution is -2.31. The van der Waals surface area contributed by atoms with Gasteiger partial charge in [0.15, 0.2) is 0 Å². The minimum atomic E-state index is -0.309. The topological polar surface area (TPSA) is 32.7 Å². The summed E-state index contributed by atoms with van der Waals surface area (Å²) in [6, 6.07) is 21.6. The molecule has 3 nitrogen and oxygen atoms in total. The molecular formula is C22H16BrFN2O. The molecule has 0 radical (unpaired) electrons. The summed E-state index contributed by atoms with van der Waals surface area (Å²) in [5, 5.41) is 0. The van der Waals surface area contributed by atoms with E-state index in [1.54, 1.807) is 17.0 Å². The van der Waals surface area contributed by atoms with Crippen LogP contribution in [0.4, 0.5) is 15.8 Å². The first-order valence-corrected chi connectivity index (χ1v) is 9.37. The molecule has 0 aliphatic carbocycles. The first-order chi connectivity index (χ1) is 13.1. The van der Waals surface area contributed by atoms with Crippen LogP contribution in [-0.4, -0.2) is 11.6 Å². The Morgan fingerprint density at radius 1 is 0.963 bits per heavy atom. The van der Waals surface area contributed by atoms with E-state index < -0.39 is 0 Å². The van der Waals surface area contributed by atoms with Gasteiger partial charge in [0.05, 0.1) is 30.1 Å². The van der Waals surface area contributed by atoms with Crippen LogP contribution in [0.1, 0.15) is 17.5 Å². The van der Waals surface area contributed by atoms with Gasteiger partial charge in [0.1, 0.15) is 5.82 Å². The van der Waals surface area contributed by atoms with E-state index in [2.05, 4.69) is 15.9 Å². The van der Waals surface area contributed by atoms with Crippen molar-refractivity contribution in [1.29, 1.82) is 0 Å². The summed E-state index contributed by atoms with van der Waals surface area (Å²) in [7, 11) is 0. The van der Waals surface area contributed by atoms with Gasteiger partial charge in [0.25, 0.3) is 0 Å². The zero-order valence-electron chi connectivity index (χ0n) is 14.4. The van der Waals surface area contributed by atoms with Crippen molar-refractivity contribution in [2.75, 3.05) is 4.90 Å². The minimum absolute atomic E-state index is 0.0362. The van der Waals surface area contributed by atoms with Gasteiger partial charge in [-0.3, -0.25) is 9.79 Å². The second-order valence-corrected chi connectivity index (χ2v) is 7.25. The summed E-state index contributed by atoms with van der Waals surface area (Å²) in [6.45, 7) is 0.468. The summed E-state index contributed by atoms with van der Waals surface area (Å²) in [5.74, 6) is -0.345. The van der Waals surface area contributed by atoms with Crippen LogP contribution >= 0.6 is 15.9 Å². The number of nitrogens with zero attached hydrogens (tertiary/aromatic N) is 2. The molecule has 0 unspecified atom stereocenters. The van der Waals surface area contributed by atoms with Crippen molar-refractivity contribution in [1.82, 2.24) is 0 Å². The number of aliphatic imine (C=N–C) groups is 1. The molecule has 0 bridgehead atoms. The molecule has 1 amide bonds. The van der Waals surface area contributed by atoms with Gasteiger partial charge in [-0.05, 0) is 47.5 Å². The van der Waals surface area contributed by atoms with E-state index in [1.807, 2.05) is 48.5 Å². The zero-order chi connectivity index (χ0) is 18.8. The number of amides is 1. The van der Waals surface area contributed by atoms with Gasteiger partial charge >= 0.3 is 0 Å². The van der Waals surface area contributed by atoms with E-state index in [0.717, 1.165) is 27.0 Å². The Morgan fingerprint density at radius 2 is 1.67 bits per heavy atom. The van der Waals surface area contributed by atoms with Gasteiger partial charge in [-0.1, -0.05) is 52.3 Å². The molecule has 0 fully saturated rings. The lowest BCUT2D eigenvalue weighted by molar-refractivity contribution is -0.117. The van der Waals surface area contributed by atoms with E-state index in [4.69, 9.17) is 4.99 Å². The number of carbonyl (C=O) groups is 1. The third kappa shape index (κ3) is 3.83. The summed E-state index contributed by atoms with van der Waals surface area (Å²) in [4.78, 5) is 19.5. The second-order valence-electron chi connectivity index (χ2n) is 6.34. The molecule has 3 aromatic rings. The average Bonchev–Trinajstić information content (AvgIpc) is 2.81. The molecule has 0 saturated carbocycles. The maximum absolute atomic E-state index is 13.3. The Morgan fingerprint density at radius 3 is 2.41 bits per heavy atom. The summed E-state index contributed by atoms with van der Waals surface area (Å²) >= 11 is 3.43. The number of para-hydroxylation sites is 2. The molecule has 1 heterocycles. The second kappa shape index (κ2) is 7.45. The van der Waals surface area contributed by atoms with Crippen molar-refractivity contribution in [3.8, 4) is 0 Å². The normalized spacial score (nSPS) is 13.8. The highest BCUT2D eigenvalue weighted by Gasteiger charge is 2.25. The highest BCUT2D eigenvalue weighted by Crippen LogP contribution is 2.34. The fraction of sp³-hybridized carbons (Fsp3) is 0.0909. The Hall–Kier alpha value is -2.79. The van der Waals surface area contributed by atoms with Gasteiger partial charge in [-0.2, -0.15) is 0 Å². The van der Waals surface area contributed by atoms with E-state index in [9.17, 15) is 9.18 Å². The lowest BCUT2D eigenvalue weighted by atomic mass is 10.1. The molecule has 4 rings (SSSR count). The number of hydrogen-bond donors (Lipinski definition) is 0. The summed E-state index contributed by atoms with van der Waals surface area (Å²) < 4.78 is 14.3. The number of hydrogen-bond acceptors (Lipinski definition) is 2. The SMILES string of the molecule is O=C1CC(c2ccc(F)cc2)=Nc2ccccc2N1Cc1ccc(Br)cc1. The Bertz CT molecular complexity index is 1010. The smallest absolute Gasteiger partial charge is 0.233 e. The van der Waals surface area contributed by atoms with Crippen LogP contribution in [0.15, 0.2) is 82.3 Å². The summed E-state index contributed by atoms with van der Waals surface area (Å²) in [5.41, 5.74) is 3.95. The van der Waals surface area contributed by atoms with E-state index in [-0.39, 0.29) is 18.1 Å². The van der Waals surface area contributed by atoms with E-state index >= 15 is 0 Å². The van der Waals surface area contributed by atoms with Crippen LogP contribution < -0.4 is 4.90 Å². The predicted molar refractivity (Wildman–Crippen MR) is 109 cm³/mol. The number of carbonyl (C=O) groups excluding carboxylic acids is 1. The molecule has 0 spiro atoms. The molecule has 0 atom stereocenters. The largest absolute Gasteiger partial charge is 0.306 e. The van der Waals surface area contributed by atoms with Crippen LogP contribution in [-0.2, 0) is 11.3 Å². The van der Waals surface area contributed by atoms with Crippen molar-refractivity contribution < 1.29 is 9.18 Å². The van der Waals surface area contributed by atoms with Crippen molar-refractivity contribution in [2.24, 2.45) is 4.99 Å². The van der Waals surface area contributed by atoms with Gasteiger partial charge < -0.3 is 4.90 Å². The van der Waals surface area contributed by atoms with Crippen LogP contribution in [0.5, 0.6) is 0 Å². The summed E-state index contributed by atoms with van der Waals surface area (Å²) in [6.07, 6.45) is 0.164. The number of rotatable bonds is 3. The Balaban J connectivity index is 1.72. The number of halogens is 2. The first kappa shape index (κ1) is 17.6. The highest BCUT2D eigenvalue weighted by molar-refractivity contribution is 9.10. The molecule has 0 aromatic heterocycles. The Labute approximate surface area is 165 Å². The molecule has 0 N–H and O–H groups in total. The number of fused-ring (bicyclic) bond motifs is 1. The molecular weight excluding hydrogens is 407 g/mol. The van der Waals surface area contributed by atoms with Crippen molar-refractivity contribution >= 4 is 38.9 Å². The molecule has 5 heteroatoms. The minimum Gasteiger partial charge on any atom is -0.306 e. The lowest BCUT2D eigenvalue weighted by Gasteiger charge is -2.22. The molecule has 1 aliphatic rings. The van der Waals surface area contributed by atoms with Crippen molar-refractivity contribution in [2.45, 2.75) is 13.0 Å². The zero-order valence-corrected chi connectivity index (χ0v) is 16.0. The van der Waals surface area contributed by atoms with Gasteiger partial charge in [-0.15, -0.1) is 0 Å². The Kier molecular flexibility index (Phi) is 4.86. The molecule has 134 valence electrons. The van der Waals surface area contributed by atoms with Gasteiger partial charge in [-0.25, -0.2) is 4.39 Å². The highest BCUT2D eigenvalue weighted by atomic mass is 79.9. The maximum Gasteiger partial charge on any atom is 0.233 e. The third-order valence-corrected chi connectivity index (χ3v) is 5.01. The number of benzene rings is 3. The molecule has 1 aliphatic heterocycles. The van der Waals surface area contributed by atoms with E-state index in [0.29, 0.717) is 12.3 Å². The standard InChI is InChI=1S/C22H16BrFN2O/c23-17-9-5-15(6-10-17)14-26-21-4-2-1-3-19(21)25-20(13-22(26)27)16-7-11-18(24)12-8-16/h1-12H,13-14H2. The average molecular weight is 423 g/mol. The molecule has 0 saturated heterocycles. The van der Waals surface area contributed by atoms with Crippen LogP contribution in [0.25, 0.3) is 0 Å². The number of anilines is 1. The van der Waals surface area contributed by atoms with Crippen LogP contribution in [0, 0.1) is 5.82 Å². The van der Waals surface area contributed by atoms with E-state index in [1.165, 1.54) is 12.1 Å². The van der Waals surface area contributed by atoms with Gasteiger partial charge in [0.2, 0.25) is 5.91 Å². The maximum atomic E-state index is 13.3. The molecule has 3 aromatic carbocycles. The predicted octanol–water partition coefficient (Wildman–Crippen LogP) is 5.65. The fourth-order valence-electron chi connectivity index (χ4n) is 3.10. The quantitative estimate of drug-likeness (QED) is 0.536. The van der Waals surface area contributed by atoms with Crippen molar-refractivity contribution in [3.05, 3.63) is 94.2 Å². The fourth-order valence-corrected chi connectivity index (χ4v) is 3.36.